The summed E-state index contributed by atoms with van der Waals surface area (Å²) in [4.78, 5) is 16.4. The van der Waals surface area contributed by atoms with Crippen LogP contribution in [0.1, 0.15) is 48.8 Å². The standard InChI is InChI=1S/C29H29N2OS2/c1-4-31(3)28(32)27(34-29(31)33)16-19-9-13-26-24(15-19)23-6-5-7-25(23)30(26)22-12-11-20-14-18(2)8-10-21(20)17-22/h8-17,23,25H,4-7H2,1-3H3/q+1. The number of benzene rings is 3. The largest absolute Gasteiger partial charge is 0.358 e. The number of likely N-dealkylation sites (N-methyl/N-ethyl adjacent to an activating group) is 1. The van der Waals surface area contributed by atoms with E-state index in [1.807, 2.05) is 20.0 Å². The van der Waals surface area contributed by atoms with Crippen molar-refractivity contribution < 1.29 is 9.28 Å². The Bertz CT molecular complexity index is 1390. The molecular formula is C29H29N2OS2+. The van der Waals surface area contributed by atoms with Crippen LogP contribution in [0, 0.1) is 6.92 Å². The summed E-state index contributed by atoms with van der Waals surface area (Å²) in [5.41, 5.74) is 6.41. The zero-order chi connectivity index (χ0) is 23.6. The van der Waals surface area contributed by atoms with Gasteiger partial charge in [-0.05, 0) is 103 Å². The average molecular weight is 486 g/mol. The van der Waals surface area contributed by atoms with E-state index in [1.54, 1.807) is 0 Å². The number of thioether (sulfide) groups is 1. The number of amides is 1. The first-order valence-electron chi connectivity index (χ1n) is 12.2. The molecule has 2 aliphatic heterocycles. The van der Waals surface area contributed by atoms with E-state index < -0.39 is 0 Å². The highest BCUT2D eigenvalue weighted by atomic mass is 32.2. The smallest absolute Gasteiger partial charge is 0.337 e. The first-order chi connectivity index (χ1) is 16.4. The summed E-state index contributed by atoms with van der Waals surface area (Å²) in [6.07, 6.45) is 5.75. The lowest BCUT2D eigenvalue weighted by Gasteiger charge is -2.27. The second kappa shape index (κ2) is 8.04. The molecule has 0 spiro atoms. The molecule has 6 rings (SSSR count). The van der Waals surface area contributed by atoms with E-state index in [2.05, 4.69) is 66.4 Å². The number of nitrogens with zero attached hydrogens (tertiary/aromatic N) is 2. The number of hydrogen-bond donors (Lipinski definition) is 0. The lowest BCUT2D eigenvalue weighted by molar-refractivity contribution is -0.728. The molecule has 1 amide bonds. The summed E-state index contributed by atoms with van der Waals surface area (Å²) in [6.45, 7) is 4.86. The van der Waals surface area contributed by atoms with Crippen molar-refractivity contribution in [3.63, 3.8) is 0 Å². The Morgan fingerprint density at radius 2 is 1.88 bits per heavy atom. The SMILES string of the molecule is CC[N+]1(C)C(=O)C(=Cc2ccc3c(c2)C2CCCC2N3c2ccc3cc(C)ccc3c2)SC1=S. The molecule has 0 radical (unpaired) electrons. The normalized spacial score (nSPS) is 27.1. The van der Waals surface area contributed by atoms with Gasteiger partial charge in [0.2, 0.25) is 4.32 Å². The summed E-state index contributed by atoms with van der Waals surface area (Å²) in [5, 5.41) is 2.58. The molecule has 2 heterocycles. The van der Waals surface area contributed by atoms with Gasteiger partial charge >= 0.3 is 5.91 Å². The Labute approximate surface area is 211 Å². The van der Waals surface area contributed by atoms with Crippen LogP contribution >= 0.6 is 24.0 Å². The zero-order valence-corrected chi connectivity index (χ0v) is 21.5. The van der Waals surface area contributed by atoms with Gasteiger partial charge in [0.05, 0.1) is 13.6 Å². The number of carbonyl (C=O) groups excluding carboxylic acids is 1. The third-order valence-corrected chi connectivity index (χ3v) is 9.71. The Balaban J connectivity index is 1.39. The first kappa shape index (κ1) is 22.0. The predicted octanol–water partition coefficient (Wildman–Crippen LogP) is 7.30. The van der Waals surface area contributed by atoms with Crippen LogP contribution in [0.25, 0.3) is 16.8 Å². The molecule has 0 aromatic heterocycles. The van der Waals surface area contributed by atoms with Crippen molar-refractivity contribution in [2.75, 3.05) is 18.5 Å². The number of fused-ring (bicyclic) bond motifs is 4. The maximum atomic E-state index is 13.0. The van der Waals surface area contributed by atoms with E-state index in [1.165, 1.54) is 64.3 Å². The van der Waals surface area contributed by atoms with Crippen LogP contribution in [0.15, 0.2) is 59.5 Å². The van der Waals surface area contributed by atoms with Gasteiger partial charge in [-0.3, -0.25) is 0 Å². The van der Waals surface area contributed by atoms with Gasteiger partial charge in [-0.15, -0.1) is 0 Å². The second-order valence-electron chi connectivity index (χ2n) is 10.0. The number of rotatable bonds is 3. The van der Waals surface area contributed by atoms with Crippen molar-refractivity contribution in [2.45, 2.75) is 45.1 Å². The van der Waals surface area contributed by atoms with Gasteiger partial charge in [0.25, 0.3) is 0 Å². The quantitative estimate of drug-likeness (QED) is 0.220. The van der Waals surface area contributed by atoms with Crippen molar-refractivity contribution >= 4 is 62.4 Å². The molecule has 1 saturated carbocycles. The van der Waals surface area contributed by atoms with Crippen molar-refractivity contribution in [1.82, 2.24) is 0 Å². The summed E-state index contributed by atoms with van der Waals surface area (Å²) in [7, 11) is 1.92. The van der Waals surface area contributed by atoms with Crippen LogP contribution in [-0.4, -0.2) is 34.3 Å². The highest BCUT2D eigenvalue weighted by molar-refractivity contribution is 8.26. The number of carbonyl (C=O) groups is 1. The lowest BCUT2D eigenvalue weighted by atomic mass is 9.96. The molecule has 3 aromatic rings. The van der Waals surface area contributed by atoms with Crippen LogP contribution in [-0.2, 0) is 4.79 Å². The fourth-order valence-corrected chi connectivity index (χ4v) is 7.45. The molecule has 0 bridgehead atoms. The Morgan fingerprint density at radius 1 is 1.09 bits per heavy atom. The molecular weight excluding hydrogens is 456 g/mol. The fourth-order valence-electron chi connectivity index (χ4n) is 5.88. The molecule has 1 aliphatic carbocycles. The minimum absolute atomic E-state index is 0.116. The minimum Gasteiger partial charge on any atom is -0.337 e. The molecule has 172 valence electrons. The van der Waals surface area contributed by atoms with Gasteiger partial charge in [0.15, 0.2) is 0 Å². The first-order valence-corrected chi connectivity index (χ1v) is 13.4. The van der Waals surface area contributed by atoms with Crippen LogP contribution in [0.4, 0.5) is 11.4 Å². The maximum Gasteiger partial charge on any atom is 0.358 e. The topological polar surface area (TPSA) is 20.3 Å². The molecule has 0 N–H and O–H groups in total. The van der Waals surface area contributed by atoms with E-state index in [-0.39, 0.29) is 10.4 Å². The van der Waals surface area contributed by atoms with Crippen LogP contribution in [0.3, 0.4) is 0 Å². The molecule has 3 unspecified atom stereocenters. The molecule has 1 saturated heterocycles. The summed E-state index contributed by atoms with van der Waals surface area (Å²) in [5.74, 6) is 0.663. The Hall–Kier alpha value is -2.47. The monoisotopic (exact) mass is 485 g/mol. The van der Waals surface area contributed by atoms with Crippen LogP contribution < -0.4 is 4.90 Å². The number of quaternary nitrogens is 1. The zero-order valence-electron chi connectivity index (χ0n) is 19.9. The minimum atomic E-state index is 0.116. The number of hydrogen-bond acceptors (Lipinski definition) is 4. The van der Waals surface area contributed by atoms with Crippen molar-refractivity contribution in [3.8, 4) is 0 Å². The number of thiocarbonyl (C=S) groups is 1. The molecule has 3 aromatic carbocycles. The van der Waals surface area contributed by atoms with Crippen molar-refractivity contribution in [3.05, 3.63) is 76.2 Å². The third-order valence-electron chi connectivity index (χ3n) is 7.97. The van der Waals surface area contributed by atoms with Gasteiger partial charge in [-0.1, -0.05) is 42.3 Å². The predicted molar refractivity (Wildman–Crippen MR) is 148 cm³/mol. The molecule has 3 nitrogen and oxygen atoms in total. The highest BCUT2D eigenvalue weighted by Gasteiger charge is 2.47. The van der Waals surface area contributed by atoms with Crippen molar-refractivity contribution in [2.24, 2.45) is 0 Å². The van der Waals surface area contributed by atoms with Gasteiger partial charge in [-0.2, -0.15) is 0 Å². The van der Waals surface area contributed by atoms with Gasteiger partial charge in [-0.25, -0.2) is 9.28 Å². The molecule has 3 aliphatic rings. The number of anilines is 2. The maximum absolute atomic E-state index is 13.0. The summed E-state index contributed by atoms with van der Waals surface area (Å²) in [6, 6.07) is 20.8. The van der Waals surface area contributed by atoms with Gasteiger partial charge in [0.1, 0.15) is 4.91 Å². The van der Waals surface area contributed by atoms with Crippen LogP contribution in [0.2, 0.25) is 0 Å². The number of aryl methyl sites for hydroxylation is 1. The average Bonchev–Trinajstić information content (AvgIpc) is 3.48. The molecule has 34 heavy (non-hydrogen) atoms. The Kier molecular flexibility index (Phi) is 5.21. The molecule has 2 fully saturated rings. The highest BCUT2D eigenvalue weighted by Crippen LogP contribution is 2.53. The lowest BCUT2D eigenvalue weighted by Crippen LogP contribution is -2.47. The van der Waals surface area contributed by atoms with Gasteiger partial charge < -0.3 is 4.90 Å². The van der Waals surface area contributed by atoms with Crippen molar-refractivity contribution in [1.29, 1.82) is 0 Å². The third kappa shape index (κ3) is 3.29. The van der Waals surface area contributed by atoms with Gasteiger partial charge in [0, 0.05) is 23.3 Å². The van der Waals surface area contributed by atoms with E-state index in [4.69, 9.17) is 12.2 Å². The fraction of sp³-hybridized carbons (Fsp3) is 0.310. The summed E-state index contributed by atoms with van der Waals surface area (Å²) >= 11 is 7.00. The van der Waals surface area contributed by atoms with Crippen LogP contribution in [0.5, 0.6) is 0 Å². The van der Waals surface area contributed by atoms with E-state index in [9.17, 15) is 4.79 Å². The molecule has 5 heteroatoms. The second-order valence-corrected chi connectivity index (χ2v) is 11.7. The summed E-state index contributed by atoms with van der Waals surface area (Å²) < 4.78 is 0.963. The van der Waals surface area contributed by atoms with E-state index in [0.29, 0.717) is 18.5 Å². The van der Waals surface area contributed by atoms with E-state index in [0.717, 1.165) is 14.8 Å². The molecule has 3 atom stereocenters. The Morgan fingerprint density at radius 3 is 2.68 bits per heavy atom. The van der Waals surface area contributed by atoms with E-state index >= 15 is 0 Å².